The van der Waals surface area contributed by atoms with Crippen LogP contribution in [0.3, 0.4) is 0 Å². The molecule has 2 bridgehead atoms. The molecule has 3 rings (SSSR count). The van der Waals surface area contributed by atoms with Crippen LogP contribution in [-0.2, 0) is 14.3 Å². The largest absolute Gasteiger partial charge is 0.550 e. The fourth-order valence-corrected chi connectivity index (χ4v) is 4.34. The quantitative estimate of drug-likeness (QED) is 0.627. The highest BCUT2D eigenvalue weighted by Gasteiger charge is 2.63. The van der Waals surface area contributed by atoms with Crippen molar-refractivity contribution in [2.24, 2.45) is 17.8 Å². The van der Waals surface area contributed by atoms with Gasteiger partial charge in [0.05, 0.1) is 13.2 Å². The predicted octanol–water partition coefficient (Wildman–Crippen LogP) is -0.101. The second kappa shape index (κ2) is 3.18. The van der Waals surface area contributed by atoms with Crippen molar-refractivity contribution in [1.29, 1.82) is 0 Å². The van der Waals surface area contributed by atoms with E-state index in [9.17, 15) is 9.90 Å². The molecule has 0 aromatic carbocycles. The number of carboxylic acids is 1. The van der Waals surface area contributed by atoms with E-state index in [1.165, 1.54) is 0 Å². The van der Waals surface area contributed by atoms with Crippen molar-refractivity contribution in [3.63, 3.8) is 0 Å². The molecule has 0 aromatic rings. The molecule has 4 atom stereocenters. The van der Waals surface area contributed by atoms with Crippen molar-refractivity contribution in [2.45, 2.75) is 23.5 Å². The number of alkyl halides is 1. The summed E-state index contributed by atoms with van der Waals surface area (Å²) in [5.74, 6) is -1.92. The standard InChI is InChI=1S/C10H13BrO4/c11-7-3-6-8(9(12)13)5(7)4-10(6)14-1-2-15-10/h5-8H,1-4H2,(H,12,13)/p-1/t5-,6+,7-,8+/m0/s1. The molecule has 5 heteroatoms. The highest BCUT2D eigenvalue weighted by molar-refractivity contribution is 9.09. The highest BCUT2D eigenvalue weighted by atomic mass is 79.9. The Labute approximate surface area is 96.1 Å². The van der Waals surface area contributed by atoms with Gasteiger partial charge in [-0.3, -0.25) is 0 Å². The van der Waals surface area contributed by atoms with Crippen molar-refractivity contribution in [3.05, 3.63) is 0 Å². The Morgan fingerprint density at radius 1 is 1.40 bits per heavy atom. The zero-order valence-electron chi connectivity index (χ0n) is 8.15. The van der Waals surface area contributed by atoms with Gasteiger partial charge in [-0.15, -0.1) is 0 Å². The Balaban J connectivity index is 1.92. The van der Waals surface area contributed by atoms with Gasteiger partial charge in [0.25, 0.3) is 0 Å². The van der Waals surface area contributed by atoms with Crippen LogP contribution in [0.2, 0.25) is 0 Å². The Kier molecular flexibility index (Phi) is 2.13. The Morgan fingerprint density at radius 3 is 2.60 bits per heavy atom. The number of carbonyl (C=O) groups excluding carboxylic acids is 1. The van der Waals surface area contributed by atoms with E-state index in [1.807, 2.05) is 0 Å². The number of hydrogen-bond donors (Lipinski definition) is 0. The zero-order valence-corrected chi connectivity index (χ0v) is 9.73. The summed E-state index contributed by atoms with van der Waals surface area (Å²) < 4.78 is 11.3. The molecule has 0 amide bonds. The zero-order chi connectivity index (χ0) is 10.6. The van der Waals surface area contributed by atoms with Crippen LogP contribution in [0.4, 0.5) is 0 Å². The van der Waals surface area contributed by atoms with Gasteiger partial charge in [-0.1, -0.05) is 15.9 Å². The molecule has 0 aromatic heterocycles. The van der Waals surface area contributed by atoms with E-state index >= 15 is 0 Å². The van der Waals surface area contributed by atoms with Gasteiger partial charge in [0.1, 0.15) is 0 Å². The van der Waals surface area contributed by atoms with Gasteiger partial charge in [0.15, 0.2) is 5.79 Å². The lowest BCUT2D eigenvalue weighted by molar-refractivity contribution is -0.315. The normalized spacial score (nSPS) is 46.5. The number of ether oxygens (including phenoxy) is 2. The summed E-state index contributed by atoms with van der Waals surface area (Å²) in [7, 11) is 0. The minimum absolute atomic E-state index is 0.0422. The minimum atomic E-state index is -0.956. The molecular weight excluding hydrogens is 264 g/mol. The fraction of sp³-hybridized carbons (Fsp3) is 0.900. The fourth-order valence-electron chi connectivity index (χ4n) is 3.42. The van der Waals surface area contributed by atoms with Gasteiger partial charge >= 0.3 is 0 Å². The number of carbonyl (C=O) groups is 1. The van der Waals surface area contributed by atoms with E-state index in [0.29, 0.717) is 19.6 Å². The molecule has 3 fully saturated rings. The molecule has 15 heavy (non-hydrogen) atoms. The van der Waals surface area contributed by atoms with Crippen LogP contribution in [0.5, 0.6) is 0 Å². The molecule has 1 heterocycles. The van der Waals surface area contributed by atoms with E-state index < -0.39 is 17.7 Å². The van der Waals surface area contributed by atoms with Crippen molar-refractivity contribution in [1.82, 2.24) is 0 Å². The number of hydrogen-bond acceptors (Lipinski definition) is 4. The molecule has 2 aliphatic carbocycles. The summed E-state index contributed by atoms with van der Waals surface area (Å²) >= 11 is 3.53. The van der Waals surface area contributed by atoms with Crippen molar-refractivity contribution in [2.75, 3.05) is 13.2 Å². The lowest BCUT2D eigenvalue weighted by Crippen LogP contribution is -2.41. The SMILES string of the molecule is O=C([O-])[C@@H]1[C@H]2CC3(OCCO3)[C@@H]1C[C@@H]2Br. The van der Waals surface area contributed by atoms with Gasteiger partial charge in [-0.25, -0.2) is 0 Å². The van der Waals surface area contributed by atoms with Crippen LogP contribution < -0.4 is 5.11 Å². The molecular formula is C10H12BrO4-. The third-order valence-electron chi connectivity index (χ3n) is 3.97. The molecule has 0 radical (unpaired) electrons. The van der Waals surface area contributed by atoms with E-state index in [2.05, 4.69) is 15.9 Å². The van der Waals surface area contributed by atoms with Crippen molar-refractivity contribution in [3.8, 4) is 0 Å². The average molecular weight is 276 g/mol. The molecule has 1 spiro atoms. The molecule has 4 nitrogen and oxygen atoms in total. The monoisotopic (exact) mass is 275 g/mol. The Morgan fingerprint density at radius 2 is 2.07 bits per heavy atom. The van der Waals surface area contributed by atoms with Crippen LogP contribution in [0.15, 0.2) is 0 Å². The van der Waals surface area contributed by atoms with Gasteiger partial charge in [-0.2, -0.15) is 0 Å². The summed E-state index contributed by atoms with van der Waals surface area (Å²) in [4.78, 5) is 11.4. The minimum Gasteiger partial charge on any atom is -0.550 e. The second-order valence-electron chi connectivity index (χ2n) is 4.58. The number of carboxylic acid groups (broad SMARTS) is 1. The lowest BCUT2D eigenvalue weighted by atomic mass is 9.93. The summed E-state index contributed by atoms with van der Waals surface area (Å²) in [5, 5.41) is 11.1. The molecule has 2 saturated carbocycles. The Bertz CT molecular complexity index is 300. The van der Waals surface area contributed by atoms with E-state index in [1.54, 1.807) is 0 Å². The molecule has 0 N–H and O–H groups in total. The average Bonchev–Trinajstić information content (AvgIpc) is 2.81. The number of aliphatic carboxylic acids is 1. The smallest absolute Gasteiger partial charge is 0.172 e. The van der Waals surface area contributed by atoms with Gasteiger partial charge in [0.2, 0.25) is 0 Å². The third kappa shape index (κ3) is 1.23. The van der Waals surface area contributed by atoms with Gasteiger partial charge < -0.3 is 19.4 Å². The molecule has 3 aliphatic rings. The first kappa shape index (κ1) is 10.1. The van der Waals surface area contributed by atoms with Gasteiger partial charge in [0, 0.05) is 29.1 Å². The topological polar surface area (TPSA) is 58.6 Å². The van der Waals surface area contributed by atoms with Gasteiger partial charge in [-0.05, 0) is 12.3 Å². The maximum atomic E-state index is 11.1. The third-order valence-corrected chi connectivity index (χ3v) is 5.02. The summed E-state index contributed by atoms with van der Waals surface area (Å²) in [6.07, 6.45) is 1.50. The van der Waals surface area contributed by atoms with Crippen LogP contribution in [-0.4, -0.2) is 29.8 Å². The first-order valence-corrected chi connectivity index (χ1v) is 6.18. The number of fused-ring (bicyclic) bond motifs is 3. The van der Waals surface area contributed by atoms with Crippen molar-refractivity contribution >= 4 is 21.9 Å². The molecule has 0 unspecified atom stereocenters. The Hall–Kier alpha value is -0.130. The van der Waals surface area contributed by atoms with Crippen LogP contribution in [0.25, 0.3) is 0 Å². The molecule has 1 aliphatic heterocycles. The van der Waals surface area contributed by atoms with Crippen molar-refractivity contribution < 1.29 is 19.4 Å². The summed E-state index contributed by atoms with van der Waals surface area (Å²) in [5.41, 5.74) is 0. The molecule has 84 valence electrons. The number of halogens is 1. The van der Waals surface area contributed by atoms with Crippen LogP contribution >= 0.6 is 15.9 Å². The predicted molar refractivity (Wildman–Crippen MR) is 52.1 cm³/mol. The van der Waals surface area contributed by atoms with E-state index in [4.69, 9.17) is 9.47 Å². The van der Waals surface area contributed by atoms with Crippen LogP contribution in [0, 0.1) is 17.8 Å². The maximum Gasteiger partial charge on any atom is 0.172 e. The lowest BCUT2D eigenvalue weighted by Gasteiger charge is -2.33. The first-order valence-electron chi connectivity index (χ1n) is 5.27. The number of rotatable bonds is 1. The summed E-state index contributed by atoms with van der Waals surface area (Å²) in [6.45, 7) is 1.16. The summed E-state index contributed by atoms with van der Waals surface area (Å²) in [6, 6.07) is 0. The van der Waals surface area contributed by atoms with E-state index in [-0.39, 0.29) is 16.7 Å². The highest BCUT2D eigenvalue weighted by Crippen LogP contribution is 2.59. The first-order chi connectivity index (χ1) is 7.14. The van der Waals surface area contributed by atoms with E-state index in [0.717, 1.165) is 6.42 Å². The maximum absolute atomic E-state index is 11.1. The molecule has 1 saturated heterocycles. The van der Waals surface area contributed by atoms with Crippen LogP contribution in [0.1, 0.15) is 12.8 Å². The second-order valence-corrected chi connectivity index (χ2v) is 5.76.